The Hall–Kier alpha value is -1.06. The van der Waals surface area contributed by atoms with Crippen molar-refractivity contribution >= 4 is 11.8 Å². The quantitative estimate of drug-likeness (QED) is 0.831. The van der Waals surface area contributed by atoms with E-state index < -0.39 is 0 Å². The molecule has 1 unspecified atom stereocenters. The summed E-state index contributed by atoms with van der Waals surface area (Å²) in [7, 11) is 0. The van der Waals surface area contributed by atoms with Crippen molar-refractivity contribution in [2.24, 2.45) is 11.3 Å². The van der Waals surface area contributed by atoms with Gasteiger partial charge in [0.1, 0.15) is 6.04 Å². The fourth-order valence-electron chi connectivity index (χ4n) is 2.21. The second-order valence-corrected chi connectivity index (χ2v) is 6.56. The lowest BCUT2D eigenvalue weighted by Gasteiger charge is -2.36. The normalized spacial score (nSPS) is 21.6. The van der Waals surface area contributed by atoms with Crippen LogP contribution in [0.5, 0.6) is 0 Å². The van der Waals surface area contributed by atoms with Crippen LogP contribution in [0.15, 0.2) is 0 Å². The highest BCUT2D eigenvalue weighted by Crippen LogP contribution is 2.28. The molecule has 1 N–H and O–H groups in total. The van der Waals surface area contributed by atoms with E-state index in [4.69, 9.17) is 0 Å². The van der Waals surface area contributed by atoms with E-state index in [0.29, 0.717) is 18.9 Å². The van der Waals surface area contributed by atoms with Gasteiger partial charge in [0.2, 0.25) is 11.8 Å². The second-order valence-electron chi connectivity index (χ2n) is 6.56. The first-order valence-electron chi connectivity index (χ1n) is 7.36. The van der Waals surface area contributed by atoms with Crippen molar-refractivity contribution < 1.29 is 9.59 Å². The Balaban J connectivity index is 2.81. The molecule has 0 spiro atoms. The molecule has 1 aliphatic rings. The topological polar surface area (TPSA) is 49.4 Å². The van der Waals surface area contributed by atoms with Gasteiger partial charge in [-0.05, 0) is 17.8 Å². The summed E-state index contributed by atoms with van der Waals surface area (Å²) in [5, 5.41) is 2.84. The van der Waals surface area contributed by atoms with E-state index in [1.807, 2.05) is 11.8 Å². The van der Waals surface area contributed by atoms with Crippen molar-refractivity contribution in [3.05, 3.63) is 0 Å². The molecule has 1 heterocycles. The maximum atomic E-state index is 12.5. The third kappa shape index (κ3) is 4.22. The number of nitrogens with zero attached hydrogens (tertiary/aromatic N) is 1. The molecular formula is C15H28N2O2. The van der Waals surface area contributed by atoms with Crippen LogP contribution >= 0.6 is 0 Å². The van der Waals surface area contributed by atoms with Crippen LogP contribution in [0.1, 0.15) is 53.9 Å². The van der Waals surface area contributed by atoms with Crippen molar-refractivity contribution in [1.29, 1.82) is 0 Å². The van der Waals surface area contributed by atoms with Crippen LogP contribution in [0.25, 0.3) is 0 Å². The molecule has 110 valence electrons. The lowest BCUT2D eigenvalue weighted by atomic mass is 9.80. The first kappa shape index (κ1) is 16.0. The van der Waals surface area contributed by atoms with Gasteiger partial charge < -0.3 is 10.2 Å². The summed E-state index contributed by atoms with van der Waals surface area (Å²) in [6, 6.07) is -0.331. The number of carbonyl (C=O) groups excluding carboxylic acids is 2. The molecule has 4 nitrogen and oxygen atoms in total. The van der Waals surface area contributed by atoms with Gasteiger partial charge in [-0.3, -0.25) is 9.59 Å². The standard InChI is InChI=1S/C15H28N2O2/c1-6-7-12-14(19)17(9-8-13(18)16-12)10-15(4,5)11(2)3/h11-12H,6-10H2,1-5H3,(H,16,18). The molecule has 0 bridgehead atoms. The van der Waals surface area contributed by atoms with Crippen LogP contribution < -0.4 is 5.32 Å². The number of amides is 2. The monoisotopic (exact) mass is 268 g/mol. The van der Waals surface area contributed by atoms with Crippen molar-refractivity contribution in [2.75, 3.05) is 13.1 Å². The summed E-state index contributed by atoms with van der Waals surface area (Å²) >= 11 is 0. The van der Waals surface area contributed by atoms with Gasteiger partial charge in [-0.2, -0.15) is 0 Å². The van der Waals surface area contributed by atoms with Gasteiger partial charge in [0.25, 0.3) is 0 Å². The van der Waals surface area contributed by atoms with Crippen molar-refractivity contribution in [2.45, 2.75) is 59.9 Å². The lowest BCUT2D eigenvalue weighted by Crippen LogP contribution is -2.48. The van der Waals surface area contributed by atoms with Gasteiger partial charge in [-0.1, -0.05) is 41.0 Å². The third-order valence-electron chi connectivity index (χ3n) is 4.29. The summed E-state index contributed by atoms with van der Waals surface area (Å²) in [4.78, 5) is 26.0. The molecule has 0 aromatic rings. The van der Waals surface area contributed by atoms with E-state index in [0.717, 1.165) is 19.4 Å². The molecule has 0 aromatic carbocycles. The molecule has 0 saturated carbocycles. The van der Waals surface area contributed by atoms with Crippen LogP contribution in [0, 0.1) is 11.3 Å². The predicted octanol–water partition coefficient (Wildman–Crippen LogP) is 2.19. The van der Waals surface area contributed by atoms with Gasteiger partial charge in [-0.15, -0.1) is 0 Å². The zero-order valence-corrected chi connectivity index (χ0v) is 13.0. The van der Waals surface area contributed by atoms with Gasteiger partial charge in [0, 0.05) is 19.5 Å². The van der Waals surface area contributed by atoms with Crippen LogP contribution in [0.3, 0.4) is 0 Å². The zero-order valence-electron chi connectivity index (χ0n) is 13.0. The molecule has 1 rings (SSSR count). The fraction of sp³-hybridized carbons (Fsp3) is 0.867. The Kier molecular flexibility index (Phi) is 5.39. The molecule has 0 radical (unpaired) electrons. The minimum Gasteiger partial charge on any atom is -0.344 e. The molecule has 1 fully saturated rings. The van der Waals surface area contributed by atoms with Gasteiger partial charge >= 0.3 is 0 Å². The number of hydrogen-bond acceptors (Lipinski definition) is 2. The summed E-state index contributed by atoms with van der Waals surface area (Å²) in [5.74, 6) is 0.579. The average Bonchev–Trinajstić information content (AvgIpc) is 2.43. The highest BCUT2D eigenvalue weighted by Gasteiger charge is 2.33. The minimum absolute atomic E-state index is 0.00310. The fourth-order valence-corrected chi connectivity index (χ4v) is 2.21. The number of hydrogen-bond donors (Lipinski definition) is 1. The Morgan fingerprint density at radius 1 is 1.37 bits per heavy atom. The lowest BCUT2D eigenvalue weighted by molar-refractivity contribution is -0.135. The predicted molar refractivity (Wildman–Crippen MR) is 76.7 cm³/mol. The molecular weight excluding hydrogens is 240 g/mol. The smallest absolute Gasteiger partial charge is 0.245 e. The molecule has 0 aromatic heterocycles. The van der Waals surface area contributed by atoms with Crippen molar-refractivity contribution in [3.63, 3.8) is 0 Å². The summed E-state index contributed by atoms with van der Waals surface area (Å²) in [6.07, 6.45) is 2.04. The van der Waals surface area contributed by atoms with Crippen LogP contribution in [0.4, 0.5) is 0 Å². The van der Waals surface area contributed by atoms with E-state index >= 15 is 0 Å². The SMILES string of the molecule is CCCC1NC(=O)CCN(CC(C)(C)C(C)C)C1=O. The molecule has 19 heavy (non-hydrogen) atoms. The van der Waals surface area contributed by atoms with E-state index in [9.17, 15) is 9.59 Å². The van der Waals surface area contributed by atoms with Gasteiger partial charge in [-0.25, -0.2) is 0 Å². The minimum atomic E-state index is -0.331. The molecule has 1 aliphatic heterocycles. The first-order valence-corrected chi connectivity index (χ1v) is 7.36. The third-order valence-corrected chi connectivity index (χ3v) is 4.29. The molecule has 0 aliphatic carbocycles. The first-order chi connectivity index (χ1) is 8.77. The molecule has 1 atom stereocenters. The number of carbonyl (C=O) groups is 2. The zero-order chi connectivity index (χ0) is 14.6. The Labute approximate surface area is 116 Å². The Bertz CT molecular complexity index is 337. The van der Waals surface area contributed by atoms with E-state index in [1.165, 1.54) is 0 Å². The summed E-state index contributed by atoms with van der Waals surface area (Å²) in [5.41, 5.74) is 0.0693. The summed E-state index contributed by atoms with van der Waals surface area (Å²) < 4.78 is 0. The van der Waals surface area contributed by atoms with Crippen LogP contribution in [-0.2, 0) is 9.59 Å². The molecule has 1 saturated heterocycles. The van der Waals surface area contributed by atoms with E-state index in [1.54, 1.807) is 0 Å². The maximum absolute atomic E-state index is 12.5. The highest BCUT2D eigenvalue weighted by molar-refractivity contribution is 5.89. The molecule has 2 amide bonds. The largest absolute Gasteiger partial charge is 0.344 e. The van der Waals surface area contributed by atoms with Crippen LogP contribution in [-0.4, -0.2) is 35.8 Å². The second kappa shape index (κ2) is 6.40. The van der Waals surface area contributed by atoms with E-state index in [2.05, 4.69) is 33.0 Å². The van der Waals surface area contributed by atoms with Gasteiger partial charge in [0.05, 0.1) is 0 Å². The average molecular weight is 268 g/mol. The Morgan fingerprint density at radius 2 is 2.00 bits per heavy atom. The van der Waals surface area contributed by atoms with Gasteiger partial charge in [0.15, 0.2) is 0 Å². The summed E-state index contributed by atoms with van der Waals surface area (Å²) in [6.45, 7) is 12.0. The Morgan fingerprint density at radius 3 is 2.53 bits per heavy atom. The van der Waals surface area contributed by atoms with Crippen LogP contribution in [0.2, 0.25) is 0 Å². The maximum Gasteiger partial charge on any atom is 0.245 e. The number of rotatable bonds is 5. The number of nitrogens with one attached hydrogen (secondary N) is 1. The highest BCUT2D eigenvalue weighted by atomic mass is 16.2. The van der Waals surface area contributed by atoms with Crippen molar-refractivity contribution in [3.8, 4) is 0 Å². The van der Waals surface area contributed by atoms with E-state index in [-0.39, 0.29) is 23.3 Å². The molecule has 4 heteroatoms. The van der Waals surface area contributed by atoms with Crippen molar-refractivity contribution in [1.82, 2.24) is 10.2 Å².